The van der Waals surface area contributed by atoms with Gasteiger partial charge < -0.3 is 19.9 Å². The zero-order valence-corrected chi connectivity index (χ0v) is 11.5. The third-order valence-electron chi connectivity index (χ3n) is 3.06. The van der Waals surface area contributed by atoms with Crippen LogP contribution in [0.25, 0.3) is 0 Å². The molecule has 0 spiro atoms. The summed E-state index contributed by atoms with van der Waals surface area (Å²) in [5.41, 5.74) is -0.119. The van der Waals surface area contributed by atoms with Crippen molar-refractivity contribution >= 4 is 17.3 Å². The molecule has 0 saturated heterocycles. The Morgan fingerprint density at radius 3 is 2.57 bits per heavy atom. The summed E-state index contributed by atoms with van der Waals surface area (Å²) in [6.45, 7) is 2.52. The van der Waals surface area contributed by atoms with Gasteiger partial charge in [-0.1, -0.05) is 13.3 Å². The van der Waals surface area contributed by atoms with Gasteiger partial charge in [0.1, 0.15) is 24.9 Å². The van der Waals surface area contributed by atoms with Crippen molar-refractivity contribution in [2.24, 2.45) is 0 Å². The number of nitrogens with one attached hydrogen (secondary N) is 1. The van der Waals surface area contributed by atoms with E-state index in [1.54, 1.807) is 0 Å². The highest BCUT2D eigenvalue weighted by Gasteiger charge is 2.25. The molecule has 21 heavy (non-hydrogen) atoms. The van der Waals surface area contributed by atoms with E-state index in [9.17, 15) is 14.9 Å². The molecule has 0 bridgehead atoms. The van der Waals surface area contributed by atoms with Gasteiger partial charge in [0.25, 0.3) is 5.69 Å². The minimum atomic E-state index is -1.05. The summed E-state index contributed by atoms with van der Waals surface area (Å²) in [6, 6.07) is 1.77. The Bertz CT molecular complexity index is 560. The number of hydrogen-bond acceptors (Lipinski definition) is 6. The smallest absolute Gasteiger partial charge is 0.326 e. The maximum Gasteiger partial charge on any atom is 0.326 e. The summed E-state index contributed by atoms with van der Waals surface area (Å²) in [5, 5.41) is 23.0. The predicted octanol–water partition coefficient (Wildman–Crippen LogP) is 2.03. The topological polar surface area (TPSA) is 111 Å². The second-order valence-electron chi connectivity index (χ2n) is 4.59. The zero-order chi connectivity index (χ0) is 15.4. The van der Waals surface area contributed by atoms with Gasteiger partial charge in [0, 0.05) is 6.07 Å². The van der Waals surface area contributed by atoms with Crippen LogP contribution in [0.5, 0.6) is 11.5 Å². The standard InChI is InChI=1S/C13H16N2O6/c1-2-3-8(13(16)17)14-9-6-11-12(21-5-4-20-11)7-10(9)15(18)19/h6-8,14H,2-5H2,1H3,(H,16,17). The van der Waals surface area contributed by atoms with E-state index in [-0.39, 0.29) is 11.4 Å². The van der Waals surface area contributed by atoms with Crippen LogP contribution in [0.4, 0.5) is 11.4 Å². The van der Waals surface area contributed by atoms with Crippen molar-refractivity contribution in [1.29, 1.82) is 0 Å². The van der Waals surface area contributed by atoms with Crippen LogP contribution in [0.1, 0.15) is 19.8 Å². The predicted molar refractivity (Wildman–Crippen MR) is 74.0 cm³/mol. The molecule has 8 heteroatoms. The van der Waals surface area contributed by atoms with E-state index >= 15 is 0 Å². The van der Waals surface area contributed by atoms with Crippen LogP contribution in [-0.2, 0) is 4.79 Å². The molecular weight excluding hydrogens is 280 g/mol. The number of nitrogens with zero attached hydrogens (tertiary/aromatic N) is 1. The molecule has 0 saturated carbocycles. The highest BCUT2D eigenvalue weighted by Crippen LogP contribution is 2.39. The molecule has 1 aromatic rings. The van der Waals surface area contributed by atoms with Crippen LogP contribution in [0.15, 0.2) is 12.1 Å². The lowest BCUT2D eigenvalue weighted by Gasteiger charge is -2.20. The Labute approximate surface area is 120 Å². The average Bonchev–Trinajstić information content (AvgIpc) is 2.45. The SMILES string of the molecule is CCCC(Nc1cc2c(cc1[N+](=O)[O-])OCCO2)C(=O)O. The number of aliphatic carboxylic acids is 1. The number of carbonyl (C=O) groups is 1. The van der Waals surface area contributed by atoms with Crippen molar-refractivity contribution in [2.45, 2.75) is 25.8 Å². The summed E-state index contributed by atoms with van der Waals surface area (Å²) >= 11 is 0. The lowest BCUT2D eigenvalue weighted by Crippen LogP contribution is -2.29. The summed E-state index contributed by atoms with van der Waals surface area (Å²) in [6.07, 6.45) is 1.00. The van der Waals surface area contributed by atoms with E-state index in [0.717, 1.165) is 0 Å². The Morgan fingerprint density at radius 1 is 1.43 bits per heavy atom. The van der Waals surface area contributed by atoms with Crippen molar-refractivity contribution in [3.8, 4) is 11.5 Å². The van der Waals surface area contributed by atoms with Crippen LogP contribution in [0, 0.1) is 10.1 Å². The van der Waals surface area contributed by atoms with Gasteiger partial charge in [-0.25, -0.2) is 4.79 Å². The van der Waals surface area contributed by atoms with E-state index < -0.39 is 16.9 Å². The van der Waals surface area contributed by atoms with E-state index in [2.05, 4.69) is 5.32 Å². The Balaban J connectivity index is 2.36. The molecule has 8 nitrogen and oxygen atoms in total. The normalized spacial score (nSPS) is 14.3. The summed E-state index contributed by atoms with van der Waals surface area (Å²) in [5.74, 6) is -0.392. The maximum atomic E-state index is 11.2. The van der Waals surface area contributed by atoms with E-state index in [1.807, 2.05) is 6.92 Å². The molecule has 114 valence electrons. The molecule has 0 aliphatic carbocycles. The molecule has 1 heterocycles. The first-order valence-corrected chi connectivity index (χ1v) is 6.60. The minimum Gasteiger partial charge on any atom is -0.486 e. The van der Waals surface area contributed by atoms with Gasteiger partial charge in [0.05, 0.1) is 11.0 Å². The van der Waals surface area contributed by atoms with Gasteiger partial charge in [0.15, 0.2) is 11.5 Å². The van der Waals surface area contributed by atoms with Crippen molar-refractivity contribution in [3.05, 3.63) is 22.2 Å². The van der Waals surface area contributed by atoms with Crippen molar-refractivity contribution in [1.82, 2.24) is 0 Å². The van der Waals surface area contributed by atoms with Crippen molar-refractivity contribution < 1.29 is 24.3 Å². The zero-order valence-electron chi connectivity index (χ0n) is 11.5. The fraction of sp³-hybridized carbons (Fsp3) is 0.462. The van der Waals surface area contributed by atoms with Crippen LogP contribution in [0.3, 0.4) is 0 Å². The lowest BCUT2D eigenvalue weighted by atomic mass is 10.1. The molecule has 0 fully saturated rings. The van der Waals surface area contributed by atoms with Crippen LogP contribution in [0.2, 0.25) is 0 Å². The third kappa shape index (κ3) is 3.33. The lowest BCUT2D eigenvalue weighted by molar-refractivity contribution is -0.384. The monoisotopic (exact) mass is 296 g/mol. The number of hydrogen-bond donors (Lipinski definition) is 2. The van der Waals surface area contributed by atoms with Gasteiger partial charge in [-0.3, -0.25) is 10.1 Å². The van der Waals surface area contributed by atoms with Crippen molar-refractivity contribution in [3.63, 3.8) is 0 Å². The molecule has 1 unspecified atom stereocenters. The largest absolute Gasteiger partial charge is 0.486 e. The Morgan fingerprint density at radius 2 is 2.05 bits per heavy atom. The quantitative estimate of drug-likeness (QED) is 0.610. The average molecular weight is 296 g/mol. The van der Waals surface area contributed by atoms with Crippen molar-refractivity contribution in [2.75, 3.05) is 18.5 Å². The highest BCUT2D eigenvalue weighted by atomic mass is 16.6. The summed E-state index contributed by atoms with van der Waals surface area (Å²) in [4.78, 5) is 21.7. The number of fused-ring (bicyclic) bond motifs is 1. The number of nitro groups is 1. The molecule has 0 amide bonds. The number of benzene rings is 1. The van der Waals surface area contributed by atoms with Gasteiger partial charge in [-0.05, 0) is 6.42 Å². The first-order chi connectivity index (χ1) is 10.0. The summed E-state index contributed by atoms with van der Waals surface area (Å²) in [7, 11) is 0. The molecule has 1 aliphatic heterocycles. The van der Waals surface area contributed by atoms with Gasteiger partial charge in [-0.15, -0.1) is 0 Å². The number of ether oxygens (including phenoxy) is 2. The summed E-state index contributed by atoms with van der Waals surface area (Å²) < 4.78 is 10.7. The van der Waals surface area contributed by atoms with Crippen LogP contribution >= 0.6 is 0 Å². The third-order valence-corrected chi connectivity index (χ3v) is 3.06. The molecule has 0 radical (unpaired) electrons. The Hall–Kier alpha value is -2.51. The van der Waals surface area contributed by atoms with Gasteiger partial charge >= 0.3 is 5.97 Å². The molecule has 1 aromatic carbocycles. The number of nitro benzene ring substituents is 1. The van der Waals surface area contributed by atoms with Gasteiger partial charge in [-0.2, -0.15) is 0 Å². The molecule has 1 atom stereocenters. The first-order valence-electron chi connectivity index (χ1n) is 6.60. The molecule has 0 aromatic heterocycles. The minimum absolute atomic E-state index is 0.116. The fourth-order valence-electron chi connectivity index (χ4n) is 2.08. The molecule has 2 N–H and O–H groups in total. The van der Waals surface area contributed by atoms with Gasteiger partial charge in [0.2, 0.25) is 0 Å². The second-order valence-corrected chi connectivity index (χ2v) is 4.59. The van der Waals surface area contributed by atoms with E-state index in [1.165, 1.54) is 12.1 Å². The van der Waals surface area contributed by atoms with Crippen LogP contribution in [-0.4, -0.2) is 35.3 Å². The molecular formula is C13H16N2O6. The second kappa shape index (κ2) is 6.29. The first kappa shape index (κ1) is 14.9. The van der Waals surface area contributed by atoms with E-state index in [4.69, 9.17) is 14.6 Å². The molecule has 2 rings (SSSR count). The number of carboxylic acid groups (broad SMARTS) is 1. The fourth-order valence-corrected chi connectivity index (χ4v) is 2.08. The Kier molecular flexibility index (Phi) is 4.46. The highest BCUT2D eigenvalue weighted by molar-refractivity contribution is 5.80. The van der Waals surface area contributed by atoms with Crippen LogP contribution < -0.4 is 14.8 Å². The number of rotatable bonds is 6. The number of anilines is 1. The van der Waals surface area contributed by atoms with E-state index in [0.29, 0.717) is 37.6 Å². The maximum absolute atomic E-state index is 11.2. The molecule has 1 aliphatic rings. The number of carboxylic acids is 1.